The van der Waals surface area contributed by atoms with Crippen molar-refractivity contribution in [2.24, 2.45) is 22.1 Å². The Morgan fingerprint density at radius 1 is 1.22 bits per heavy atom. The lowest BCUT2D eigenvalue weighted by Crippen LogP contribution is -2.52. The normalized spacial score (nSPS) is 27.0. The van der Waals surface area contributed by atoms with Crippen molar-refractivity contribution in [3.8, 4) is 18.6 Å². The van der Waals surface area contributed by atoms with E-state index in [1.165, 1.54) is 11.3 Å². The topological polar surface area (TPSA) is 97.0 Å². The molecule has 1 aromatic carbocycles. The molecule has 0 radical (unpaired) electrons. The van der Waals surface area contributed by atoms with Crippen molar-refractivity contribution < 1.29 is 14.3 Å². The number of nitrogens with two attached hydrogens (primary N) is 1. The highest BCUT2D eigenvalue weighted by Gasteiger charge is 2.57. The second kappa shape index (κ2) is 11.1. The molecule has 1 aromatic rings. The molecule has 0 spiro atoms. The zero-order valence-corrected chi connectivity index (χ0v) is 23.4. The summed E-state index contributed by atoms with van der Waals surface area (Å²) in [4.78, 5) is 31.7. The number of fused-ring (bicyclic) bond motifs is 1. The fourth-order valence-corrected chi connectivity index (χ4v) is 4.97. The van der Waals surface area contributed by atoms with Crippen molar-refractivity contribution in [1.29, 1.82) is 0 Å². The minimum absolute atomic E-state index is 0.0172. The molecule has 2 heterocycles. The van der Waals surface area contributed by atoms with Crippen molar-refractivity contribution in [2.45, 2.75) is 91.3 Å². The van der Waals surface area contributed by atoms with Crippen LogP contribution in [-0.2, 0) is 9.59 Å². The number of nitrogens with zero attached hydrogens (tertiary/aromatic N) is 2. The molecular formula is C28H41ClN4O3. The Hall–Kier alpha value is -2.72. The van der Waals surface area contributed by atoms with Crippen LogP contribution in [0.4, 0.5) is 0 Å². The average Bonchev–Trinajstić information content (AvgIpc) is 3.44. The first-order valence-corrected chi connectivity index (χ1v) is 12.9. The number of halogens is 1. The van der Waals surface area contributed by atoms with Gasteiger partial charge in [0.15, 0.2) is 5.96 Å². The number of hydrogen-bond acceptors (Lipinski definition) is 5. The minimum Gasteiger partial charge on any atom is -0.486 e. The van der Waals surface area contributed by atoms with Crippen LogP contribution < -0.4 is 15.8 Å². The van der Waals surface area contributed by atoms with Crippen LogP contribution in [0.5, 0.6) is 5.75 Å². The third kappa shape index (κ3) is 6.73. The number of benzene rings is 1. The summed E-state index contributed by atoms with van der Waals surface area (Å²) in [6.45, 7) is 14.4. The van der Waals surface area contributed by atoms with E-state index in [0.717, 1.165) is 5.56 Å². The number of nitrogens with one attached hydrogen (secondary N) is 1. The van der Waals surface area contributed by atoms with Gasteiger partial charge in [0.25, 0.3) is 0 Å². The summed E-state index contributed by atoms with van der Waals surface area (Å²) in [6, 6.07) is 5.42. The summed E-state index contributed by atoms with van der Waals surface area (Å²) < 4.78 is 6.07. The predicted octanol–water partition coefficient (Wildman–Crippen LogP) is 5.08. The molecule has 1 saturated carbocycles. The van der Waals surface area contributed by atoms with Gasteiger partial charge >= 0.3 is 0 Å². The van der Waals surface area contributed by atoms with Crippen LogP contribution in [0.3, 0.4) is 0 Å². The van der Waals surface area contributed by atoms with Crippen LogP contribution in [0.15, 0.2) is 23.2 Å². The average molecular weight is 517 g/mol. The summed E-state index contributed by atoms with van der Waals surface area (Å²) >= 11 is 6.35. The first-order chi connectivity index (χ1) is 16.7. The van der Waals surface area contributed by atoms with Crippen LogP contribution in [-0.4, -0.2) is 40.4 Å². The lowest BCUT2D eigenvalue weighted by atomic mass is 9.89. The lowest BCUT2D eigenvalue weighted by molar-refractivity contribution is -0.131. The highest BCUT2D eigenvalue weighted by Crippen LogP contribution is 2.54. The second-order valence-electron chi connectivity index (χ2n) is 11.3. The van der Waals surface area contributed by atoms with Crippen LogP contribution in [0.25, 0.3) is 0 Å². The van der Waals surface area contributed by atoms with E-state index in [4.69, 9.17) is 22.1 Å². The van der Waals surface area contributed by atoms with E-state index in [1.54, 1.807) is 6.07 Å². The third-order valence-corrected chi connectivity index (χ3v) is 6.83. The summed E-state index contributed by atoms with van der Waals surface area (Å²) in [5.41, 5.74) is 5.73. The maximum Gasteiger partial charge on any atom is 0.231 e. The largest absolute Gasteiger partial charge is 0.486 e. The number of guanidine groups is 1. The van der Waals surface area contributed by atoms with Crippen molar-refractivity contribution in [1.82, 2.24) is 10.2 Å². The van der Waals surface area contributed by atoms with Gasteiger partial charge in [0.2, 0.25) is 11.8 Å². The van der Waals surface area contributed by atoms with Gasteiger partial charge in [0.05, 0.1) is 23.0 Å². The quantitative estimate of drug-likeness (QED) is 0.545. The maximum absolute atomic E-state index is 13.2. The molecule has 3 N–H and O–H groups in total. The van der Waals surface area contributed by atoms with E-state index in [-0.39, 0.29) is 35.1 Å². The number of rotatable bonds is 4. The predicted molar refractivity (Wildman–Crippen MR) is 146 cm³/mol. The van der Waals surface area contributed by atoms with Crippen LogP contribution >= 0.6 is 11.6 Å². The summed E-state index contributed by atoms with van der Waals surface area (Å²) in [5.74, 6) is 0.630. The molecular weight excluding hydrogens is 476 g/mol. The van der Waals surface area contributed by atoms with Gasteiger partial charge < -0.3 is 15.8 Å². The first-order valence-electron chi connectivity index (χ1n) is 12.5. The van der Waals surface area contributed by atoms with Crippen molar-refractivity contribution in [3.63, 3.8) is 0 Å². The van der Waals surface area contributed by atoms with E-state index in [1.807, 2.05) is 46.8 Å². The fraction of sp³-hybridized carbons (Fsp3) is 0.607. The molecule has 0 bridgehead atoms. The van der Waals surface area contributed by atoms with Gasteiger partial charge in [-0.1, -0.05) is 50.9 Å². The molecule has 3 atom stereocenters. The molecule has 2 amide bonds. The Bertz CT molecular complexity index is 1030. The van der Waals surface area contributed by atoms with Crippen LogP contribution in [0.2, 0.25) is 5.02 Å². The molecule has 1 aliphatic carbocycles. The number of carbonyl (C=O) groups excluding carboxylic acids is 2. The van der Waals surface area contributed by atoms with Crippen LogP contribution in [0.1, 0.15) is 85.8 Å². The molecule has 198 valence electrons. The van der Waals surface area contributed by atoms with Crippen molar-refractivity contribution in [3.05, 3.63) is 28.8 Å². The number of hydrogen-bond donors (Lipinski definition) is 2. The molecule has 36 heavy (non-hydrogen) atoms. The van der Waals surface area contributed by atoms with Gasteiger partial charge in [-0.15, -0.1) is 12.8 Å². The molecule has 4 rings (SSSR count). The monoisotopic (exact) mass is 516 g/mol. The zero-order chi connectivity index (χ0) is 27.5. The van der Waals surface area contributed by atoms with Gasteiger partial charge in [-0.05, 0) is 45.6 Å². The number of aliphatic imine (C=N–C) groups is 1. The van der Waals surface area contributed by atoms with Gasteiger partial charge in [-0.3, -0.25) is 14.5 Å². The van der Waals surface area contributed by atoms with E-state index in [0.29, 0.717) is 36.6 Å². The number of ether oxygens (including phenoxy) is 1. The molecule has 2 aliphatic heterocycles. The molecule has 3 aliphatic rings. The summed E-state index contributed by atoms with van der Waals surface area (Å²) in [6.07, 6.45) is 10.9. The molecule has 0 saturated heterocycles. The SMILES string of the molecule is C#C.CC1(C)CC(=O)N(C[C@@]2(C)CC2C(=O)NC2CC(C)(C)Oc3c(Cl)cccc32)C(N)=N1.CCC. The number of carbonyl (C=O) groups is 2. The number of para-hydroxylation sites is 1. The minimum atomic E-state index is -0.483. The summed E-state index contributed by atoms with van der Waals surface area (Å²) in [5, 5.41) is 3.75. The van der Waals surface area contributed by atoms with E-state index in [2.05, 4.69) is 37.0 Å². The smallest absolute Gasteiger partial charge is 0.231 e. The van der Waals surface area contributed by atoms with Gasteiger partial charge in [0, 0.05) is 24.4 Å². The Balaban J connectivity index is 0.000000850. The molecule has 0 aromatic heterocycles. The first kappa shape index (κ1) is 29.5. The highest BCUT2D eigenvalue weighted by atomic mass is 35.5. The van der Waals surface area contributed by atoms with Crippen LogP contribution in [0, 0.1) is 24.2 Å². The second-order valence-corrected chi connectivity index (χ2v) is 11.7. The van der Waals surface area contributed by atoms with Gasteiger partial charge in [-0.25, -0.2) is 4.99 Å². The van der Waals surface area contributed by atoms with Gasteiger partial charge in [0.1, 0.15) is 11.4 Å². The fourth-order valence-electron chi connectivity index (χ4n) is 4.75. The van der Waals surface area contributed by atoms with Crippen molar-refractivity contribution >= 4 is 29.4 Å². The zero-order valence-electron chi connectivity index (χ0n) is 22.7. The molecule has 2 unspecified atom stereocenters. The molecule has 7 nitrogen and oxygen atoms in total. The number of amides is 2. The maximum atomic E-state index is 13.2. The van der Waals surface area contributed by atoms with E-state index in [9.17, 15) is 9.59 Å². The Morgan fingerprint density at radius 2 is 1.83 bits per heavy atom. The standard InChI is InChI=1S/C23H31ClN4O3.C3H8.C2H2/c1-21(2)11-17(29)28(20(25)27-21)12-23(5)9-14(23)19(30)26-16-10-22(3,4)31-18-13(16)7-6-8-15(18)24;1-3-2;1-2/h6-8,14,16H,9-12H2,1-5H3,(H2,25,27)(H,26,30);3H2,1-2H3;1-2H/t14?,16?,23-;;/m1../s1. The number of terminal acetylenes is 1. The Labute approximate surface area is 221 Å². The third-order valence-electron chi connectivity index (χ3n) is 6.53. The van der Waals surface area contributed by atoms with Gasteiger partial charge in [-0.2, -0.15) is 0 Å². The molecule has 8 heteroatoms. The Kier molecular flexibility index (Phi) is 9.12. The van der Waals surface area contributed by atoms with E-state index >= 15 is 0 Å². The highest BCUT2D eigenvalue weighted by molar-refractivity contribution is 6.32. The lowest BCUT2D eigenvalue weighted by Gasteiger charge is -2.38. The van der Waals surface area contributed by atoms with E-state index < -0.39 is 11.1 Å². The molecule has 1 fully saturated rings. The summed E-state index contributed by atoms with van der Waals surface area (Å²) in [7, 11) is 0. The Morgan fingerprint density at radius 3 is 2.42 bits per heavy atom. The van der Waals surface area contributed by atoms with Crippen molar-refractivity contribution in [2.75, 3.05) is 6.54 Å².